The molecule has 5 rings (SSSR count). The summed E-state index contributed by atoms with van der Waals surface area (Å²) < 4.78 is 11.4. The van der Waals surface area contributed by atoms with Crippen molar-refractivity contribution in [1.29, 1.82) is 0 Å². The second-order valence-electron chi connectivity index (χ2n) is 7.33. The molecule has 4 heterocycles. The zero-order valence-electron chi connectivity index (χ0n) is 15.2. The smallest absolute Gasteiger partial charge is 0.217 e. The normalized spacial score (nSPS) is 16.9. The minimum atomic E-state index is 0.662. The van der Waals surface area contributed by atoms with Crippen LogP contribution in [0.4, 0.5) is 0 Å². The Bertz CT molecular complexity index is 922. The molecule has 3 aromatic heterocycles. The second kappa shape index (κ2) is 7.12. The lowest BCUT2D eigenvalue weighted by molar-refractivity contribution is 0.231. The standard InChI is InChI=1S/C21H22N4O2/c1-3-16(21(22-8-1)27-14-15-5-6-15)12-25-9-7-18-17(13-25)11-23-20(24-18)19-4-2-10-26-19/h1-4,8,10-11,15H,5-7,9,12-14H2. The van der Waals surface area contributed by atoms with Gasteiger partial charge in [0.15, 0.2) is 11.6 Å². The molecule has 0 atom stereocenters. The monoisotopic (exact) mass is 362 g/mol. The molecule has 6 nitrogen and oxygen atoms in total. The first-order valence-electron chi connectivity index (χ1n) is 9.53. The van der Waals surface area contributed by atoms with Crippen molar-refractivity contribution in [2.75, 3.05) is 13.2 Å². The zero-order valence-corrected chi connectivity index (χ0v) is 15.2. The predicted octanol–water partition coefficient (Wildman–Crippen LogP) is 3.48. The van der Waals surface area contributed by atoms with Crippen LogP contribution in [0.25, 0.3) is 11.6 Å². The summed E-state index contributed by atoms with van der Waals surface area (Å²) in [6.07, 6.45) is 8.86. The van der Waals surface area contributed by atoms with E-state index in [1.165, 1.54) is 18.4 Å². The highest BCUT2D eigenvalue weighted by Gasteiger charge is 2.24. The molecule has 0 spiro atoms. The number of hydrogen-bond donors (Lipinski definition) is 0. The summed E-state index contributed by atoms with van der Waals surface area (Å²) in [6.45, 7) is 3.41. The molecule has 0 amide bonds. The number of fused-ring (bicyclic) bond motifs is 1. The Morgan fingerprint density at radius 3 is 3.00 bits per heavy atom. The molecule has 1 saturated carbocycles. The van der Waals surface area contributed by atoms with Gasteiger partial charge >= 0.3 is 0 Å². The van der Waals surface area contributed by atoms with Crippen molar-refractivity contribution in [1.82, 2.24) is 19.9 Å². The fraction of sp³-hybridized carbons (Fsp3) is 0.381. The van der Waals surface area contributed by atoms with Crippen molar-refractivity contribution < 1.29 is 9.15 Å². The van der Waals surface area contributed by atoms with E-state index in [0.717, 1.165) is 55.7 Å². The van der Waals surface area contributed by atoms with E-state index in [4.69, 9.17) is 14.1 Å². The first-order valence-corrected chi connectivity index (χ1v) is 9.53. The predicted molar refractivity (Wildman–Crippen MR) is 100 cm³/mol. The van der Waals surface area contributed by atoms with Gasteiger partial charge in [0.2, 0.25) is 5.88 Å². The Hall–Kier alpha value is -2.73. The van der Waals surface area contributed by atoms with Crippen molar-refractivity contribution in [3.05, 3.63) is 59.7 Å². The lowest BCUT2D eigenvalue weighted by Gasteiger charge is -2.28. The molecule has 27 heavy (non-hydrogen) atoms. The van der Waals surface area contributed by atoms with Crippen molar-refractivity contribution in [2.24, 2.45) is 5.92 Å². The van der Waals surface area contributed by atoms with Crippen LogP contribution in [-0.2, 0) is 19.5 Å². The van der Waals surface area contributed by atoms with E-state index in [-0.39, 0.29) is 0 Å². The highest BCUT2D eigenvalue weighted by atomic mass is 16.5. The average Bonchev–Trinajstić information content (AvgIpc) is 3.37. The van der Waals surface area contributed by atoms with Crippen LogP contribution < -0.4 is 4.74 Å². The van der Waals surface area contributed by atoms with E-state index in [0.29, 0.717) is 11.6 Å². The molecular formula is C21H22N4O2. The van der Waals surface area contributed by atoms with E-state index in [2.05, 4.69) is 20.9 Å². The molecule has 138 valence electrons. The largest absolute Gasteiger partial charge is 0.477 e. The van der Waals surface area contributed by atoms with Crippen LogP contribution in [0.15, 0.2) is 47.3 Å². The topological polar surface area (TPSA) is 64.3 Å². The minimum Gasteiger partial charge on any atom is -0.477 e. The van der Waals surface area contributed by atoms with Gasteiger partial charge in [-0.15, -0.1) is 0 Å². The molecule has 6 heteroatoms. The van der Waals surface area contributed by atoms with Gasteiger partial charge in [0.25, 0.3) is 0 Å². The van der Waals surface area contributed by atoms with Gasteiger partial charge in [-0.3, -0.25) is 4.90 Å². The molecule has 0 aromatic carbocycles. The van der Waals surface area contributed by atoms with Gasteiger partial charge in [0, 0.05) is 49.6 Å². The third-order valence-electron chi connectivity index (χ3n) is 5.15. The zero-order chi connectivity index (χ0) is 18.1. The van der Waals surface area contributed by atoms with Gasteiger partial charge in [-0.1, -0.05) is 6.07 Å². The summed E-state index contributed by atoms with van der Waals surface area (Å²) in [7, 11) is 0. The van der Waals surface area contributed by atoms with Crippen LogP contribution in [-0.4, -0.2) is 33.0 Å². The first-order chi connectivity index (χ1) is 13.3. The minimum absolute atomic E-state index is 0.662. The first kappa shape index (κ1) is 16.4. The van der Waals surface area contributed by atoms with Crippen molar-refractivity contribution >= 4 is 0 Å². The molecule has 3 aromatic rings. The molecule has 1 aliphatic carbocycles. The number of furan rings is 1. The maximum Gasteiger partial charge on any atom is 0.217 e. The number of ether oxygens (including phenoxy) is 1. The maximum absolute atomic E-state index is 5.96. The molecular weight excluding hydrogens is 340 g/mol. The molecule has 0 N–H and O–H groups in total. The quantitative estimate of drug-likeness (QED) is 0.669. The van der Waals surface area contributed by atoms with Crippen LogP contribution in [0.2, 0.25) is 0 Å². The van der Waals surface area contributed by atoms with E-state index in [1.807, 2.05) is 24.4 Å². The van der Waals surface area contributed by atoms with Gasteiger partial charge in [0.05, 0.1) is 18.6 Å². The fourth-order valence-electron chi connectivity index (χ4n) is 3.43. The second-order valence-corrected chi connectivity index (χ2v) is 7.33. The Balaban J connectivity index is 1.29. The van der Waals surface area contributed by atoms with Crippen LogP contribution in [0.5, 0.6) is 5.88 Å². The number of hydrogen-bond acceptors (Lipinski definition) is 6. The Morgan fingerprint density at radius 1 is 1.19 bits per heavy atom. The van der Waals surface area contributed by atoms with Gasteiger partial charge in [-0.05, 0) is 37.0 Å². The molecule has 1 aliphatic heterocycles. The van der Waals surface area contributed by atoms with E-state index >= 15 is 0 Å². The summed E-state index contributed by atoms with van der Waals surface area (Å²) in [5.74, 6) is 2.88. The maximum atomic E-state index is 5.96. The number of aromatic nitrogens is 3. The van der Waals surface area contributed by atoms with E-state index < -0.39 is 0 Å². The van der Waals surface area contributed by atoms with Crippen LogP contribution in [0, 0.1) is 5.92 Å². The number of pyridine rings is 1. The molecule has 0 radical (unpaired) electrons. The molecule has 1 fully saturated rings. The van der Waals surface area contributed by atoms with Crippen molar-refractivity contribution in [3.63, 3.8) is 0 Å². The third-order valence-corrected chi connectivity index (χ3v) is 5.15. The van der Waals surface area contributed by atoms with Gasteiger partial charge in [-0.25, -0.2) is 15.0 Å². The molecule has 0 bridgehead atoms. The Morgan fingerprint density at radius 2 is 2.15 bits per heavy atom. The van der Waals surface area contributed by atoms with E-state index in [9.17, 15) is 0 Å². The molecule has 2 aliphatic rings. The van der Waals surface area contributed by atoms with Crippen molar-refractivity contribution in [2.45, 2.75) is 32.4 Å². The SMILES string of the molecule is c1coc(-c2ncc3c(n2)CCN(Cc2cccnc2OCC2CC2)C3)c1. The van der Waals surface area contributed by atoms with Crippen molar-refractivity contribution in [3.8, 4) is 17.5 Å². The molecule has 0 unspecified atom stereocenters. The summed E-state index contributed by atoms with van der Waals surface area (Å²) in [5.41, 5.74) is 3.44. The Labute approximate surface area is 158 Å². The molecule has 0 saturated heterocycles. The highest BCUT2D eigenvalue weighted by molar-refractivity contribution is 5.47. The van der Waals surface area contributed by atoms with E-state index in [1.54, 1.807) is 12.5 Å². The fourth-order valence-corrected chi connectivity index (χ4v) is 3.43. The summed E-state index contributed by atoms with van der Waals surface area (Å²) in [6, 6.07) is 7.84. The average molecular weight is 362 g/mol. The summed E-state index contributed by atoms with van der Waals surface area (Å²) >= 11 is 0. The van der Waals surface area contributed by atoms with Gasteiger partial charge in [-0.2, -0.15) is 0 Å². The van der Waals surface area contributed by atoms with Crippen LogP contribution >= 0.6 is 0 Å². The van der Waals surface area contributed by atoms with Crippen LogP contribution in [0.3, 0.4) is 0 Å². The van der Waals surface area contributed by atoms with Gasteiger partial charge in [0.1, 0.15) is 0 Å². The van der Waals surface area contributed by atoms with Gasteiger partial charge < -0.3 is 9.15 Å². The Kier molecular flexibility index (Phi) is 4.33. The highest BCUT2D eigenvalue weighted by Crippen LogP contribution is 2.30. The number of nitrogens with zero attached hydrogens (tertiary/aromatic N) is 4. The lowest BCUT2D eigenvalue weighted by atomic mass is 10.1. The van der Waals surface area contributed by atoms with Crippen LogP contribution in [0.1, 0.15) is 29.7 Å². The summed E-state index contributed by atoms with van der Waals surface area (Å²) in [5, 5.41) is 0. The summed E-state index contributed by atoms with van der Waals surface area (Å²) in [4.78, 5) is 16.0. The number of rotatable bonds is 6. The third kappa shape index (κ3) is 3.71. The lowest BCUT2D eigenvalue weighted by Crippen LogP contribution is -2.31.